The number of para-hydroxylation sites is 1. The van der Waals surface area contributed by atoms with Gasteiger partial charge in [0.25, 0.3) is 5.91 Å². The number of benzene rings is 2. The lowest BCUT2D eigenvalue weighted by Gasteiger charge is -2.31. The number of nitrogens with one attached hydrogen (secondary N) is 2. The van der Waals surface area contributed by atoms with Crippen LogP contribution in [0.3, 0.4) is 0 Å². The molecule has 0 aliphatic carbocycles. The van der Waals surface area contributed by atoms with E-state index in [1.807, 2.05) is 44.2 Å². The van der Waals surface area contributed by atoms with Crippen LogP contribution in [0.4, 0.5) is 5.69 Å². The Morgan fingerprint density at radius 2 is 1.88 bits per heavy atom. The highest BCUT2D eigenvalue weighted by Crippen LogP contribution is 2.31. The molecular weight excluding hydrogens is 352 g/mol. The van der Waals surface area contributed by atoms with Crippen molar-refractivity contribution in [2.45, 2.75) is 26.1 Å². The van der Waals surface area contributed by atoms with Crippen molar-refractivity contribution in [1.82, 2.24) is 0 Å². The zero-order valence-electron chi connectivity index (χ0n) is 15.0. The second kappa shape index (κ2) is 8.54. The molecule has 0 spiro atoms. The second-order valence-electron chi connectivity index (χ2n) is 6.70. The molecule has 0 saturated carbocycles. The lowest BCUT2D eigenvalue weighted by atomic mass is 10.2. The van der Waals surface area contributed by atoms with Gasteiger partial charge in [0, 0.05) is 5.02 Å². The highest BCUT2D eigenvalue weighted by molar-refractivity contribution is 6.31. The summed E-state index contributed by atoms with van der Waals surface area (Å²) in [6, 6.07) is 14.6. The number of morpholine rings is 1. The second-order valence-corrected chi connectivity index (χ2v) is 7.13. The first-order chi connectivity index (χ1) is 12.5. The Morgan fingerprint density at radius 3 is 2.58 bits per heavy atom. The average Bonchev–Trinajstić information content (AvgIpc) is 2.57. The van der Waals surface area contributed by atoms with Crippen LogP contribution in [0.2, 0.25) is 5.02 Å². The summed E-state index contributed by atoms with van der Waals surface area (Å²) >= 11 is 6.10. The standard InChI is InChI=1S/C20H23ClN2O3/c1-14-11-23(12-15(2)25-14)13-20(24)22-18-10-16(21)8-9-19(18)26-17-6-4-3-5-7-17/h3-10,14-15H,11-13H2,1-2H3,(H,22,24)/p+1/t14-,15-/m0/s1. The van der Waals surface area contributed by atoms with Crippen LogP contribution in [0.1, 0.15) is 13.8 Å². The van der Waals surface area contributed by atoms with Gasteiger partial charge in [-0.05, 0) is 44.2 Å². The SMILES string of the molecule is C[C@H]1C[NH+](CC(=O)Nc2cc(Cl)ccc2Oc2ccccc2)C[C@H](C)O1. The third kappa shape index (κ3) is 5.21. The molecule has 1 fully saturated rings. The smallest absolute Gasteiger partial charge is 0.279 e. The van der Waals surface area contributed by atoms with Crippen LogP contribution in [0.15, 0.2) is 48.5 Å². The molecule has 138 valence electrons. The zero-order chi connectivity index (χ0) is 18.5. The minimum Gasteiger partial charge on any atom is -0.455 e. The number of rotatable bonds is 5. The van der Waals surface area contributed by atoms with Crippen molar-refractivity contribution < 1.29 is 19.2 Å². The fourth-order valence-corrected chi connectivity index (χ4v) is 3.43. The van der Waals surface area contributed by atoms with E-state index in [0.717, 1.165) is 13.1 Å². The Morgan fingerprint density at radius 1 is 1.19 bits per heavy atom. The molecule has 1 amide bonds. The zero-order valence-corrected chi connectivity index (χ0v) is 15.8. The summed E-state index contributed by atoms with van der Waals surface area (Å²) in [6.45, 7) is 6.10. The Hall–Kier alpha value is -2.08. The van der Waals surface area contributed by atoms with Gasteiger partial charge in [0.2, 0.25) is 0 Å². The van der Waals surface area contributed by atoms with Crippen molar-refractivity contribution in [3.05, 3.63) is 53.6 Å². The molecule has 0 aromatic heterocycles. The molecule has 26 heavy (non-hydrogen) atoms. The number of hydrogen-bond donors (Lipinski definition) is 2. The van der Waals surface area contributed by atoms with Crippen molar-refractivity contribution in [1.29, 1.82) is 0 Å². The van der Waals surface area contributed by atoms with E-state index in [9.17, 15) is 4.79 Å². The van der Waals surface area contributed by atoms with Crippen molar-refractivity contribution in [2.24, 2.45) is 0 Å². The predicted octanol–water partition coefficient (Wildman–Crippen LogP) is 2.76. The lowest BCUT2D eigenvalue weighted by Crippen LogP contribution is -3.16. The van der Waals surface area contributed by atoms with Gasteiger partial charge < -0.3 is 19.7 Å². The Labute approximate surface area is 158 Å². The molecule has 2 aromatic rings. The third-order valence-electron chi connectivity index (χ3n) is 4.21. The summed E-state index contributed by atoms with van der Waals surface area (Å²) in [7, 11) is 0. The fourth-order valence-electron chi connectivity index (χ4n) is 3.26. The average molecular weight is 376 g/mol. The summed E-state index contributed by atoms with van der Waals surface area (Å²) in [4.78, 5) is 13.7. The number of quaternary nitrogens is 1. The number of anilines is 1. The maximum atomic E-state index is 12.5. The van der Waals surface area contributed by atoms with E-state index < -0.39 is 0 Å². The minimum absolute atomic E-state index is 0.0681. The molecule has 3 rings (SSSR count). The highest BCUT2D eigenvalue weighted by atomic mass is 35.5. The van der Waals surface area contributed by atoms with E-state index in [1.165, 1.54) is 4.90 Å². The number of ether oxygens (including phenoxy) is 2. The van der Waals surface area contributed by atoms with E-state index in [4.69, 9.17) is 21.1 Å². The van der Waals surface area contributed by atoms with Crippen molar-refractivity contribution in [2.75, 3.05) is 25.0 Å². The first kappa shape index (κ1) is 18.7. The van der Waals surface area contributed by atoms with Crippen LogP contribution in [-0.2, 0) is 9.53 Å². The molecule has 5 nitrogen and oxygen atoms in total. The molecule has 1 aliphatic heterocycles. The van der Waals surface area contributed by atoms with Gasteiger partial charge in [-0.2, -0.15) is 0 Å². The van der Waals surface area contributed by atoms with E-state index >= 15 is 0 Å². The number of halogens is 1. The molecular formula is C20H24ClN2O3+. The van der Waals surface area contributed by atoms with E-state index in [0.29, 0.717) is 28.8 Å². The summed E-state index contributed by atoms with van der Waals surface area (Å²) in [5.74, 6) is 1.20. The van der Waals surface area contributed by atoms with Crippen LogP contribution in [0, 0.1) is 0 Å². The summed E-state index contributed by atoms with van der Waals surface area (Å²) in [6.07, 6.45) is 0.314. The number of hydrogen-bond acceptors (Lipinski definition) is 3. The lowest BCUT2D eigenvalue weighted by molar-refractivity contribution is -0.907. The van der Waals surface area contributed by atoms with Gasteiger partial charge in [-0.25, -0.2) is 0 Å². The number of carbonyl (C=O) groups excluding carboxylic acids is 1. The monoisotopic (exact) mass is 375 g/mol. The largest absolute Gasteiger partial charge is 0.455 e. The molecule has 0 unspecified atom stereocenters. The molecule has 2 atom stereocenters. The maximum absolute atomic E-state index is 12.5. The van der Waals surface area contributed by atoms with Gasteiger partial charge in [-0.15, -0.1) is 0 Å². The van der Waals surface area contributed by atoms with Crippen molar-refractivity contribution in [3.8, 4) is 11.5 Å². The molecule has 1 heterocycles. The van der Waals surface area contributed by atoms with Crippen molar-refractivity contribution >= 4 is 23.2 Å². The molecule has 1 saturated heterocycles. The summed E-state index contributed by atoms with van der Waals surface area (Å²) in [5.41, 5.74) is 0.570. The van der Waals surface area contributed by atoms with Crippen LogP contribution >= 0.6 is 11.6 Å². The first-order valence-corrected chi connectivity index (χ1v) is 9.18. The third-order valence-corrected chi connectivity index (χ3v) is 4.45. The molecule has 2 N–H and O–H groups in total. The van der Waals surface area contributed by atoms with E-state index in [-0.39, 0.29) is 18.1 Å². The van der Waals surface area contributed by atoms with Gasteiger partial charge in [0.15, 0.2) is 12.3 Å². The van der Waals surface area contributed by atoms with Crippen LogP contribution < -0.4 is 15.0 Å². The van der Waals surface area contributed by atoms with Gasteiger partial charge in [0.1, 0.15) is 31.0 Å². The van der Waals surface area contributed by atoms with Gasteiger partial charge >= 0.3 is 0 Å². The molecule has 6 heteroatoms. The van der Waals surface area contributed by atoms with E-state index in [2.05, 4.69) is 5.32 Å². The molecule has 1 aliphatic rings. The van der Waals surface area contributed by atoms with E-state index in [1.54, 1.807) is 18.2 Å². The predicted molar refractivity (Wildman–Crippen MR) is 102 cm³/mol. The van der Waals surface area contributed by atoms with Gasteiger partial charge in [0.05, 0.1) is 5.69 Å². The van der Waals surface area contributed by atoms with Crippen molar-refractivity contribution in [3.63, 3.8) is 0 Å². The summed E-state index contributed by atoms with van der Waals surface area (Å²) < 4.78 is 11.6. The fraction of sp³-hybridized carbons (Fsp3) is 0.350. The normalized spacial score (nSPS) is 22.7. The Kier molecular flexibility index (Phi) is 6.14. The molecule has 2 aromatic carbocycles. The van der Waals surface area contributed by atoms with Crippen LogP contribution in [-0.4, -0.2) is 37.7 Å². The topological polar surface area (TPSA) is 52.0 Å². The van der Waals surface area contributed by atoms with Gasteiger partial charge in [-0.3, -0.25) is 4.79 Å². The quantitative estimate of drug-likeness (QED) is 0.845. The highest BCUT2D eigenvalue weighted by Gasteiger charge is 2.27. The number of carbonyl (C=O) groups is 1. The Balaban J connectivity index is 1.68. The van der Waals surface area contributed by atoms with Crippen LogP contribution in [0.5, 0.6) is 11.5 Å². The van der Waals surface area contributed by atoms with Crippen LogP contribution in [0.25, 0.3) is 0 Å². The van der Waals surface area contributed by atoms with Gasteiger partial charge in [-0.1, -0.05) is 29.8 Å². The molecule has 0 radical (unpaired) electrons. The maximum Gasteiger partial charge on any atom is 0.279 e. The Bertz CT molecular complexity index is 744. The first-order valence-electron chi connectivity index (χ1n) is 8.81. The molecule has 0 bridgehead atoms. The minimum atomic E-state index is -0.0681. The summed E-state index contributed by atoms with van der Waals surface area (Å²) in [5, 5.41) is 3.48. The number of amides is 1.